The van der Waals surface area contributed by atoms with Gasteiger partial charge in [-0.05, 0) is 43.7 Å². The van der Waals surface area contributed by atoms with E-state index in [-0.39, 0.29) is 5.91 Å². The Hall–Kier alpha value is -2.56. The van der Waals surface area contributed by atoms with Gasteiger partial charge in [-0.1, -0.05) is 12.1 Å². The molecule has 1 amide bonds. The molecule has 1 atom stereocenters. The molecule has 0 radical (unpaired) electrons. The molecule has 1 fully saturated rings. The molecule has 2 N–H and O–H groups in total. The van der Waals surface area contributed by atoms with Crippen molar-refractivity contribution in [2.45, 2.75) is 19.5 Å². The minimum absolute atomic E-state index is 0.113. The second-order valence-electron chi connectivity index (χ2n) is 7.37. The summed E-state index contributed by atoms with van der Waals surface area (Å²) in [7, 11) is 2.13. The van der Waals surface area contributed by atoms with Gasteiger partial charge in [-0.3, -0.25) is 14.5 Å². The quantitative estimate of drug-likeness (QED) is 0.570. The van der Waals surface area contributed by atoms with Gasteiger partial charge in [-0.2, -0.15) is 5.10 Å². The number of piperazine rings is 1. The number of H-pyrrole nitrogens is 1. The van der Waals surface area contributed by atoms with Crippen molar-refractivity contribution in [3.63, 3.8) is 0 Å². The molecule has 0 spiro atoms. The predicted octanol–water partition coefficient (Wildman–Crippen LogP) is 2.69. The first-order chi connectivity index (χ1) is 14.5. The maximum Gasteiger partial charge on any atom is 0.243 e. The summed E-state index contributed by atoms with van der Waals surface area (Å²) in [6.07, 6.45) is 1.81. The van der Waals surface area contributed by atoms with Crippen LogP contribution in [-0.4, -0.2) is 63.8 Å². The van der Waals surface area contributed by atoms with E-state index in [4.69, 9.17) is 12.2 Å². The Bertz CT molecular complexity index is 1050. The zero-order valence-corrected chi connectivity index (χ0v) is 18.7. The lowest BCUT2D eigenvalue weighted by molar-refractivity contribution is -0.124. The lowest BCUT2D eigenvalue weighted by Crippen LogP contribution is -2.45. The van der Waals surface area contributed by atoms with Crippen LogP contribution in [0.5, 0.6) is 0 Å². The van der Waals surface area contributed by atoms with E-state index in [9.17, 15) is 4.79 Å². The number of hydrogen-bond donors (Lipinski definition) is 2. The lowest BCUT2D eigenvalue weighted by Gasteiger charge is -2.34. The fourth-order valence-corrected chi connectivity index (χ4v) is 4.56. The molecule has 30 heavy (non-hydrogen) atoms. The number of carbonyl (C=O) groups excluding carboxylic acids is 1. The van der Waals surface area contributed by atoms with Gasteiger partial charge in [0.15, 0.2) is 10.6 Å². The van der Waals surface area contributed by atoms with Crippen molar-refractivity contribution in [3.05, 3.63) is 46.2 Å². The Labute approximate surface area is 184 Å². The summed E-state index contributed by atoms with van der Waals surface area (Å²) >= 11 is 6.95. The van der Waals surface area contributed by atoms with Crippen LogP contribution in [0, 0.1) is 4.77 Å². The number of nitrogens with zero attached hydrogens (tertiary/aromatic N) is 5. The van der Waals surface area contributed by atoms with Gasteiger partial charge in [0.2, 0.25) is 5.91 Å². The molecule has 4 heterocycles. The van der Waals surface area contributed by atoms with Gasteiger partial charge in [0, 0.05) is 44.5 Å². The van der Waals surface area contributed by atoms with Crippen LogP contribution in [-0.2, 0) is 11.3 Å². The first-order valence-electron chi connectivity index (χ1n) is 9.90. The van der Waals surface area contributed by atoms with Gasteiger partial charge in [0.25, 0.3) is 0 Å². The summed E-state index contributed by atoms with van der Waals surface area (Å²) in [6, 6.07) is 7.36. The molecule has 10 heteroatoms. The molecule has 1 unspecified atom stereocenters. The van der Waals surface area contributed by atoms with Crippen molar-refractivity contribution in [3.8, 4) is 10.7 Å². The number of carbonyl (C=O) groups is 1. The number of pyridine rings is 1. The highest BCUT2D eigenvalue weighted by molar-refractivity contribution is 7.71. The Kier molecular flexibility index (Phi) is 6.26. The number of likely N-dealkylation sites (N-methyl/N-ethyl adjacent to an activating group) is 1. The van der Waals surface area contributed by atoms with Gasteiger partial charge in [0.1, 0.15) is 11.9 Å². The molecule has 0 saturated carbocycles. The van der Waals surface area contributed by atoms with Crippen LogP contribution in [0.4, 0.5) is 5.82 Å². The Morgan fingerprint density at radius 2 is 2.10 bits per heavy atom. The number of nitrogens with one attached hydrogen (secondary N) is 2. The number of amides is 1. The molecule has 0 aliphatic carbocycles. The van der Waals surface area contributed by atoms with Crippen LogP contribution in [0.25, 0.3) is 10.7 Å². The number of hydrogen-bond acceptors (Lipinski definition) is 7. The van der Waals surface area contributed by atoms with Crippen molar-refractivity contribution < 1.29 is 4.79 Å². The molecule has 3 aromatic rings. The summed E-state index contributed by atoms with van der Waals surface area (Å²) in [5.41, 5.74) is 1.01. The van der Waals surface area contributed by atoms with Crippen molar-refractivity contribution in [1.82, 2.24) is 30.0 Å². The number of thiophene rings is 1. The molecule has 0 aromatic carbocycles. The topological polar surface area (TPSA) is 82.1 Å². The molecule has 158 valence electrons. The minimum atomic E-state index is -0.489. The zero-order valence-electron chi connectivity index (χ0n) is 17.0. The van der Waals surface area contributed by atoms with E-state index in [0.29, 0.717) is 17.1 Å². The monoisotopic (exact) mass is 443 g/mol. The smallest absolute Gasteiger partial charge is 0.243 e. The van der Waals surface area contributed by atoms with Crippen LogP contribution in [0.3, 0.4) is 0 Å². The molecule has 8 nitrogen and oxygen atoms in total. The third-order valence-corrected chi connectivity index (χ3v) is 6.49. The minimum Gasteiger partial charge on any atom is -0.354 e. The molecule has 0 bridgehead atoms. The molecule has 1 saturated heterocycles. The number of aromatic amines is 1. The summed E-state index contributed by atoms with van der Waals surface area (Å²) in [4.78, 5) is 23.1. The van der Waals surface area contributed by atoms with Crippen molar-refractivity contribution in [2.24, 2.45) is 0 Å². The van der Waals surface area contributed by atoms with Crippen LogP contribution < -0.4 is 10.2 Å². The maximum absolute atomic E-state index is 13.0. The lowest BCUT2D eigenvalue weighted by atomic mass is 10.2. The maximum atomic E-state index is 13.0. The third-order valence-electron chi connectivity index (χ3n) is 5.34. The Morgan fingerprint density at radius 1 is 1.30 bits per heavy atom. The highest BCUT2D eigenvalue weighted by Gasteiger charge is 2.22. The van der Waals surface area contributed by atoms with Gasteiger partial charge in [0.05, 0.1) is 4.88 Å². The second-order valence-corrected chi connectivity index (χ2v) is 8.70. The molecule has 3 aromatic heterocycles. The predicted molar refractivity (Wildman–Crippen MR) is 121 cm³/mol. The summed E-state index contributed by atoms with van der Waals surface area (Å²) in [5.74, 6) is 1.51. The SMILES string of the molecule is CC(C(=O)NCc1cccnc1N1CCN(C)CC1)n1c(-c2cccs2)n[nH]c1=S. The summed E-state index contributed by atoms with van der Waals surface area (Å²) in [6.45, 7) is 6.12. The molecule has 1 aliphatic heterocycles. The highest BCUT2D eigenvalue weighted by Crippen LogP contribution is 2.26. The van der Waals surface area contributed by atoms with Gasteiger partial charge in [-0.15, -0.1) is 11.3 Å². The fourth-order valence-electron chi connectivity index (χ4n) is 3.56. The van der Waals surface area contributed by atoms with Crippen LogP contribution >= 0.6 is 23.6 Å². The van der Waals surface area contributed by atoms with E-state index >= 15 is 0 Å². The van der Waals surface area contributed by atoms with Crippen molar-refractivity contribution in [1.29, 1.82) is 0 Å². The summed E-state index contributed by atoms with van der Waals surface area (Å²) in [5, 5.41) is 12.2. The number of rotatable bonds is 6. The van der Waals surface area contributed by atoms with E-state index in [0.717, 1.165) is 42.4 Å². The van der Waals surface area contributed by atoms with Crippen molar-refractivity contribution in [2.75, 3.05) is 38.1 Å². The van der Waals surface area contributed by atoms with E-state index < -0.39 is 6.04 Å². The average molecular weight is 444 g/mol. The number of aromatic nitrogens is 4. The van der Waals surface area contributed by atoms with Crippen molar-refractivity contribution >= 4 is 35.3 Å². The first kappa shape index (κ1) is 20.7. The standard InChI is InChI=1S/C20H25N7OS2/c1-14(27-18(23-24-20(27)29)16-6-4-12-30-16)19(28)22-13-15-5-3-7-21-17(15)26-10-8-25(2)9-11-26/h3-7,12,14H,8-11,13H2,1-2H3,(H,22,28)(H,24,29). The van der Waals surface area contributed by atoms with Crippen LogP contribution in [0.1, 0.15) is 18.5 Å². The largest absolute Gasteiger partial charge is 0.354 e. The average Bonchev–Trinajstić information content (AvgIpc) is 3.42. The molecule has 1 aliphatic rings. The fraction of sp³-hybridized carbons (Fsp3) is 0.400. The zero-order chi connectivity index (χ0) is 21.1. The molecular formula is C20H25N7OS2. The Morgan fingerprint density at radius 3 is 2.83 bits per heavy atom. The van der Waals surface area contributed by atoms with E-state index in [1.54, 1.807) is 22.1 Å². The van der Waals surface area contributed by atoms with Gasteiger partial charge < -0.3 is 15.1 Å². The Balaban J connectivity index is 1.48. The second kappa shape index (κ2) is 9.07. The van der Waals surface area contributed by atoms with Crippen LogP contribution in [0.15, 0.2) is 35.8 Å². The molecular weight excluding hydrogens is 418 g/mol. The first-order valence-corrected chi connectivity index (χ1v) is 11.2. The van der Waals surface area contributed by atoms with E-state index in [2.05, 4.69) is 37.3 Å². The van der Waals surface area contributed by atoms with Gasteiger partial charge in [-0.25, -0.2) is 4.98 Å². The highest BCUT2D eigenvalue weighted by atomic mass is 32.1. The molecule has 4 rings (SSSR count). The normalized spacial score (nSPS) is 15.9. The number of anilines is 1. The van der Waals surface area contributed by atoms with Gasteiger partial charge >= 0.3 is 0 Å². The van der Waals surface area contributed by atoms with E-state index in [1.807, 2.05) is 36.6 Å². The van der Waals surface area contributed by atoms with E-state index in [1.165, 1.54) is 0 Å². The van der Waals surface area contributed by atoms with Crippen LogP contribution in [0.2, 0.25) is 0 Å². The third kappa shape index (κ3) is 4.30. The summed E-state index contributed by atoms with van der Waals surface area (Å²) < 4.78 is 2.20.